The van der Waals surface area contributed by atoms with Crippen LogP contribution in [0.3, 0.4) is 0 Å². The molecule has 0 saturated heterocycles. The van der Waals surface area contributed by atoms with Crippen molar-refractivity contribution in [3.63, 3.8) is 0 Å². The normalized spacial score (nSPS) is 22.0. The van der Waals surface area contributed by atoms with Crippen molar-refractivity contribution >= 4 is 23.1 Å². The third-order valence-electron chi connectivity index (χ3n) is 6.17. The lowest BCUT2D eigenvalue weighted by atomic mass is 9.61. The SMILES string of the molecule is CC1(C)CCC2(CC1)Cc1ccccc1NC2=NCc1cccc(Cl)c1. The molecule has 0 bridgehead atoms. The Morgan fingerprint density at radius 3 is 2.54 bits per heavy atom. The molecule has 0 aromatic heterocycles. The van der Waals surface area contributed by atoms with Gasteiger partial charge in [-0.2, -0.15) is 0 Å². The van der Waals surface area contributed by atoms with E-state index < -0.39 is 0 Å². The van der Waals surface area contributed by atoms with Gasteiger partial charge in [0.15, 0.2) is 0 Å². The number of hydrogen-bond acceptors (Lipinski definition) is 1. The number of nitrogens with one attached hydrogen (secondary N) is 1. The van der Waals surface area contributed by atoms with Crippen LogP contribution >= 0.6 is 11.6 Å². The van der Waals surface area contributed by atoms with Crippen LogP contribution in [0.1, 0.15) is 50.7 Å². The first kappa shape index (κ1) is 17.6. The monoisotopic (exact) mass is 366 g/mol. The third kappa shape index (κ3) is 3.53. The van der Waals surface area contributed by atoms with E-state index in [2.05, 4.69) is 49.5 Å². The van der Waals surface area contributed by atoms with Crippen molar-refractivity contribution in [3.8, 4) is 0 Å². The molecule has 26 heavy (non-hydrogen) atoms. The number of amidine groups is 1. The Morgan fingerprint density at radius 1 is 1.00 bits per heavy atom. The van der Waals surface area contributed by atoms with E-state index in [0.29, 0.717) is 12.0 Å². The lowest BCUT2D eigenvalue weighted by molar-refractivity contribution is 0.153. The smallest absolute Gasteiger partial charge is 0.108 e. The van der Waals surface area contributed by atoms with Gasteiger partial charge < -0.3 is 5.32 Å². The summed E-state index contributed by atoms with van der Waals surface area (Å²) in [4.78, 5) is 5.07. The summed E-state index contributed by atoms with van der Waals surface area (Å²) in [6, 6.07) is 16.7. The highest BCUT2D eigenvalue weighted by molar-refractivity contribution is 6.30. The molecule has 3 heteroatoms. The Morgan fingerprint density at radius 2 is 1.77 bits per heavy atom. The highest BCUT2D eigenvalue weighted by atomic mass is 35.5. The van der Waals surface area contributed by atoms with Gasteiger partial charge in [-0.05, 0) is 66.8 Å². The lowest BCUT2D eigenvalue weighted by Crippen LogP contribution is -2.45. The van der Waals surface area contributed by atoms with E-state index in [0.717, 1.165) is 17.0 Å². The molecule has 2 aromatic carbocycles. The van der Waals surface area contributed by atoms with Crippen molar-refractivity contribution in [3.05, 3.63) is 64.7 Å². The van der Waals surface area contributed by atoms with E-state index in [9.17, 15) is 0 Å². The van der Waals surface area contributed by atoms with Crippen molar-refractivity contribution < 1.29 is 0 Å². The molecule has 0 atom stereocenters. The molecular weight excluding hydrogens is 340 g/mol. The number of halogens is 1. The number of benzene rings is 2. The van der Waals surface area contributed by atoms with Gasteiger partial charge in [-0.3, -0.25) is 4.99 Å². The first-order valence-electron chi connectivity index (χ1n) is 9.60. The van der Waals surface area contributed by atoms with Crippen molar-refractivity contribution in [1.82, 2.24) is 0 Å². The maximum absolute atomic E-state index is 6.14. The Kier molecular flexibility index (Phi) is 4.56. The maximum Gasteiger partial charge on any atom is 0.108 e. The Hall–Kier alpha value is -1.80. The van der Waals surface area contributed by atoms with Crippen molar-refractivity contribution in [1.29, 1.82) is 0 Å². The van der Waals surface area contributed by atoms with Gasteiger partial charge in [0.05, 0.1) is 6.54 Å². The molecule has 1 N–H and O–H groups in total. The van der Waals surface area contributed by atoms with Crippen molar-refractivity contribution in [2.45, 2.75) is 52.5 Å². The average molecular weight is 367 g/mol. The summed E-state index contributed by atoms with van der Waals surface area (Å²) < 4.78 is 0. The van der Waals surface area contributed by atoms with Crippen LogP contribution in [0.2, 0.25) is 5.02 Å². The summed E-state index contributed by atoms with van der Waals surface area (Å²) in [6.07, 6.45) is 6.02. The van der Waals surface area contributed by atoms with Crippen LogP contribution in [-0.4, -0.2) is 5.84 Å². The van der Waals surface area contributed by atoms with Gasteiger partial charge in [0.1, 0.15) is 5.84 Å². The maximum atomic E-state index is 6.14. The number of rotatable bonds is 2. The average Bonchev–Trinajstić information content (AvgIpc) is 2.63. The summed E-state index contributed by atoms with van der Waals surface area (Å²) in [5, 5.41) is 4.46. The molecule has 0 amide bonds. The van der Waals surface area contributed by atoms with Crippen LogP contribution in [0.4, 0.5) is 5.69 Å². The Labute approximate surface area is 161 Å². The second-order valence-corrected chi connectivity index (χ2v) is 9.13. The van der Waals surface area contributed by atoms with E-state index in [4.69, 9.17) is 16.6 Å². The highest BCUT2D eigenvalue weighted by Crippen LogP contribution is 2.50. The van der Waals surface area contributed by atoms with Crippen LogP contribution in [-0.2, 0) is 13.0 Å². The van der Waals surface area contributed by atoms with Crippen LogP contribution in [0, 0.1) is 10.8 Å². The summed E-state index contributed by atoms with van der Waals surface area (Å²) in [5.74, 6) is 1.17. The fraction of sp³-hybridized carbons (Fsp3) is 0.435. The number of nitrogens with zero attached hydrogens (tertiary/aromatic N) is 1. The number of fused-ring (bicyclic) bond motifs is 1. The predicted molar refractivity (Wildman–Crippen MR) is 111 cm³/mol. The molecule has 4 rings (SSSR count). The minimum absolute atomic E-state index is 0.155. The van der Waals surface area contributed by atoms with Gasteiger partial charge in [0, 0.05) is 16.1 Å². The van der Waals surface area contributed by atoms with Crippen LogP contribution in [0.5, 0.6) is 0 Å². The van der Waals surface area contributed by atoms with E-state index in [-0.39, 0.29) is 5.41 Å². The van der Waals surface area contributed by atoms with Gasteiger partial charge >= 0.3 is 0 Å². The lowest BCUT2D eigenvalue weighted by Gasteiger charge is -2.47. The van der Waals surface area contributed by atoms with Gasteiger partial charge in [-0.15, -0.1) is 0 Å². The van der Waals surface area contributed by atoms with Gasteiger partial charge in [-0.25, -0.2) is 0 Å². The molecule has 136 valence electrons. The molecule has 2 aliphatic rings. The van der Waals surface area contributed by atoms with Crippen LogP contribution in [0.15, 0.2) is 53.5 Å². The minimum atomic E-state index is 0.155. The van der Waals surface area contributed by atoms with E-state index in [1.54, 1.807) is 0 Å². The molecular formula is C23H27ClN2. The zero-order chi connectivity index (χ0) is 18.2. The zero-order valence-corrected chi connectivity index (χ0v) is 16.4. The molecule has 2 nitrogen and oxygen atoms in total. The Bertz CT molecular complexity index is 828. The summed E-state index contributed by atoms with van der Waals surface area (Å²) >= 11 is 6.14. The quantitative estimate of drug-likeness (QED) is 0.645. The summed E-state index contributed by atoms with van der Waals surface area (Å²) in [7, 11) is 0. The number of anilines is 1. The molecule has 0 unspecified atom stereocenters. The number of hydrogen-bond donors (Lipinski definition) is 1. The first-order valence-corrected chi connectivity index (χ1v) is 9.98. The second-order valence-electron chi connectivity index (χ2n) is 8.70. The molecule has 1 saturated carbocycles. The fourth-order valence-corrected chi connectivity index (χ4v) is 4.55. The van der Waals surface area contributed by atoms with Gasteiger partial charge in [0.2, 0.25) is 0 Å². The van der Waals surface area contributed by atoms with E-state index >= 15 is 0 Å². The molecule has 1 fully saturated rings. The van der Waals surface area contributed by atoms with Crippen molar-refractivity contribution in [2.24, 2.45) is 15.8 Å². The minimum Gasteiger partial charge on any atom is -0.343 e. The molecule has 1 spiro atoms. The standard InChI is InChI=1S/C23H27ClN2/c1-22(2)10-12-23(13-11-22)15-18-7-3-4-9-20(18)26-21(23)25-16-17-6-5-8-19(24)14-17/h3-9,14H,10-13,15-16H2,1-2H3,(H,25,26). The summed E-state index contributed by atoms with van der Waals surface area (Å²) in [6.45, 7) is 5.47. The first-order chi connectivity index (χ1) is 12.5. The number of para-hydroxylation sites is 1. The largest absolute Gasteiger partial charge is 0.343 e. The summed E-state index contributed by atoms with van der Waals surface area (Å²) in [5.41, 5.74) is 4.40. The van der Waals surface area contributed by atoms with Gasteiger partial charge in [0.25, 0.3) is 0 Å². The number of aliphatic imine (C=N–C) groups is 1. The van der Waals surface area contributed by atoms with Gasteiger partial charge in [-0.1, -0.05) is 55.8 Å². The van der Waals surface area contributed by atoms with Crippen LogP contribution < -0.4 is 5.32 Å². The fourth-order valence-electron chi connectivity index (χ4n) is 4.34. The highest BCUT2D eigenvalue weighted by Gasteiger charge is 2.44. The van der Waals surface area contributed by atoms with Crippen molar-refractivity contribution in [2.75, 3.05) is 5.32 Å². The molecule has 2 aromatic rings. The molecule has 1 heterocycles. The Balaban J connectivity index is 1.66. The van der Waals surface area contributed by atoms with E-state index in [1.807, 2.05) is 18.2 Å². The molecule has 1 aliphatic heterocycles. The van der Waals surface area contributed by atoms with E-state index in [1.165, 1.54) is 42.8 Å². The second kappa shape index (κ2) is 6.74. The van der Waals surface area contributed by atoms with Crippen LogP contribution in [0.25, 0.3) is 0 Å². The predicted octanol–water partition coefficient (Wildman–Crippen LogP) is 6.49. The molecule has 1 aliphatic carbocycles. The third-order valence-corrected chi connectivity index (χ3v) is 6.41. The molecule has 0 radical (unpaired) electrons. The topological polar surface area (TPSA) is 24.4 Å². The zero-order valence-electron chi connectivity index (χ0n) is 15.7.